The number of ether oxygens (including phenoxy) is 2. The van der Waals surface area contributed by atoms with Crippen LogP contribution in [-0.4, -0.2) is 27.3 Å². The van der Waals surface area contributed by atoms with Crippen molar-refractivity contribution in [2.45, 2.75) is 25.7 Å². The summed E-state index contributed by atoms with van der Waals surface area (Å²) in [7, 11) is 3.64. The Labute approximate surface area is 132 Å². The summed E-state index contributed by atoms with van der Waals surface area (Å²) in [6.07, 6.45) is 4.77. The summed E-state index contributed by atoms with van der Waals surface area (Å²) in [5, 5.41) is 3.15. The maximum atomic E-state index is 5.78. The summed E-state index contributed by atoms with van der Waals surface area (Å²) in [5.74, 6) is 1.65. The van der Waals surface area contributed by atoms with Crippen LogP contribution >= 0.6 is 31.9 Å². The first-order valence-corrected chi connectivity index (χ1v) is 8.08. The van der Waals surface area contributed by atoms with Crippen LogP contribution in [0.15, 0.2) is 21.1 Å². The van der Waals surface area contributed by atoms with E-state index < -0.39 is 0 Å². The molecule has 108 valence electrons. The van der Waals surface area contributed by atoms with Gasteiger partial charge in [-0.15, -0.1) is 0 Å². The first-order chi connectivity index (χ1) is 9.19. The fraction of sp³-hybridized carbons (Fsp3) is 0.571. The zero-order chi connectivity index (χ0) is 14.1. The van der Waals surface area contributed by atoms with Gasteiger partial charge in [-0.05, 0) is 70.4 Å². The van der Waals surface area contributed by atoms with E-state index >= 15 is 0 Å². The molecule has 0 heterocycles. The average Bonchev–Trinajstić information content (AvgIpc) is 2.41. The Morgan fingerprint density at radius 3 is 2.32 bits per heavy atom. The lowest BCUT2D eigenvalue weighted by atomic mass is 10.2. The molecule has 1 rings (SSSR count). The quantitative estimate of drug-likeness (QED) is 0.630. The zero-order valence-electron chi connectivity index (χ0n) is 11.5. The molecule has 0 aromatic heterocycles. The number of benzene rings is 1. The highest BCUT2D eigenvalue weighted by molar-refractivity contribution is 9.11. The molecule has 0 fully saturated rings. The fourth-order valence-corrected chi connectivity index (χ4v) is 2.64. The maximum Gasteiger partial charge on any atom is 0.134 e. The Hall–Kier alpha value is -0.260. The molecule has 1 aromatic carbocycles. The van der Waals surface area contributed by atoms with Crippen LogP contribution in [0.1, 0.15) is 25.7 Å². The van der Waals surface area contributed by atoms with Gasteiger partial charge in [-0.2, -0.15) is 0 Å². The van der Waals surface area contributed by atoms with Crippen LogP contribution in [-0.2, 0) is 0 Å². The SMILES string of the molecule is CNCCCCCCOc1cc(Br)c(OC)cc1Br. The normalized spacial score (nSPS) is 10.5. The number of hydrogen-bond donors (Lipinski definition) is 1. The van der Waals surface area contributed by atoms with E-state index in [0.29, 0.717) is 0 Å². The van der Waals surface area contributed by atoms with Crippen molar-refractivity contribution in [2.24, 2.45) is 0 Å². The average molecular weight is 395 g/mol. The fourth-order valence-electron chi connectivity index (χ4n) is 1.72. The van der Waals surface area contributed by atoms with Crippen LogP contribution in [0.3, 0.4) is 0 Å². The molecule has 0 radical (unpaired) electrons. The highest BCUT2D eigenvalue weighted by atomic mass is 79.9. The molecule has 0 saturated heterocycles. The van der Waals surface area contributed by atoms with Crippen molar-refractivity contribution >= 4 is 31.9 Å². The van der Waals surface area contributed by atoms with Crippen molar-refractivity contribution in [2.75, 3.05) is 27.3 Å². The number of rotatable bonds is 9. The van der Waals surface area contributed by atoms with Gasteiger partial charge in [0.2, 0.25) is 0 Å². The molecule has 19 heavy (non-hydrogen) atoms. The second-order valence-electron chi connectivity index (χ2n) is 4.28. The van der Waals surface area contributed by atoms with E-state index in [2.05, 4.69) is 37.2 Å². The van der Waals surface area contributed by atoms with E-state index in [1.807, 2.05) is 19.2 Å². The summed E-state index contributed by atoms with van der Waals surface area (Å²) in [4.78, 5) is 0. The monoisotopic (exact) mass is 393 g/mol. The lowest BCUT2D eigenvalue weighted by Crippen LogP contribution is -2.07. The minimum absolute atomic E-state index is 0.747. The summed E-state index contributed by atoms with van der Waals surface area (Å²) in [5.41, 5.74) is 0. The molecule has 5 heteroatoms. The third-order valence-corrected chi connectivity index (χ3v) is 4.02. The summed E-state index contributed by atoms with van der Waals surface area (Å²) in [6.45, 7) is 1.84. The second-order valence-corrected chi connectivity index (χ2v) is 5.99. The van der Waals surface area contributed by atoms with Gasteiger partial charge in [0.05, 0.1) is 22.7 Å². The molecular formula is C14H21Br2NO2. The van der Waals surface area contributed by atoms with E-state index in [0.717, 1.165) is 40.0 Å². The van der Waals surface area contributed by atoms with Crippen molar-refractivity contribution in [3.63, 3.8) is 0 Å². The first-order valence-electron chi connectivity index (χ1n) is 6.49. The molecule has 0 bridgehead atoms. The molecular weight excluding hydrogens is 374 g/mol. The van der Waals surface area contributed by atoms with Crippen LogP contribution in [0.2, 0.25) is 0 Å². The van der Waals surface area contributed by atoms with Crippen LogP contribution in [0.25, 0.3) is 0 Å². The molecule has 0 saturated carbocycles. The summed E-state index contributed by atoms with van der Waals surface area (Å²) in [6, 6.07) is 3.84. The van der Waals surface area contributed by atoms with Gasteiger partial charge in [0.15, 0.2) is 0 Å². The third kappa shape index (κ3) is 6.15. The Bertz CT molecular complexity index is 386. The largest absolute Gasteiger partial charge is 0.496 e. The second kappa shape index (κ2) is 9.61. The maximum absolute atomic E-state index is 5.78. The van der Waals surface area contributed by atoms with E-state index in [-0.39, 0.29) is 0 Å². The van der Waals surface area contributed by atoms with Crippen molar-refractivity contribution in [3.8, 4) is 11.5 Å². The van der Waals surface area contributed by atoms with Crippen molar-refractivity contribution in [3.05, 3.63) is 21.1 Å². The third-order valence-electron chi connectivity index (χ3n) is 2.79. The number of unbranched alkanes of at least 4 members (excludes halogenated alkanes) is 3. The van der Waals surface area contributed by atoms with Gasteiger partial charge in [-0.1, -0.05) is 12.8 Å². The molecule has 0 amide bonds. The van der Waals surface area contributed by atoms with E-state index in [9.17, 15) is 0 Å². The predicted octanol–water partition coefficient (Wildman–Crippen LogP) is 4.38. The lowest BCUT2D eigenvalue weighted by molar-refractivity contribution is 0.302. The van der Waals surface area contributed by atoms with Crippen LogP contribution in [0.4, 0.5) is 0 Å². The van der Waals surface area contributed by atoms with Gasteiger partial charge >= 0.3 is 0 Å². The summed E-state index contributed by atoms with van der Waals surface area (Å²) < 4.78 is 12.8. The van der Waals surface area contributed by atoms with Gasteiger partial charge in [-0.25, -0.2) is 0 Å². The van der Waals surface area contributed by atoms with Crippen LogP contribution in [0, 0.1) is 0 Å². The van der Waals surface area contributed by atoms with Gasteiger partial charge in [0.25, 0.3) is 0 Å². The van der Waals surface area contributed by atoms with Crippen LogP contribution < -0.4 is 14.8 Å². The van der Waals surface area contributed by atoms with Gasteiger partial charge < -0.3 is 14.8 Å². The standard InChI is InChI=1S/C14H21Br2NO2/c1-17-7-5-3-4-6-8-19-14-10-11(15)13(18-2)9-12(14)16/h9-10,17H,3-8H2,1-2H3. The molecule has 0 unspecified atom stereocenters. The van der Waals surface area contributed by atoms with Crippen molar-refractivity contribution in [1.29, 1.82) is 0 Å². The minimum atomic E-state index is 0.747. The molecule has 3 nitrogen and oxygen atoms in total. The van der Waals surface area contributed by atoms with Crippen molar-refractivity contribution in [1.82, 2.24) is 5.32 Å². The molecule has 0 atom stereocenters. The highest BCUT2D eigenvalue weighted by Gasteiger charge is 2.07. The summed E-state index contributed by atoms with van der Waals surface area (Å²) >= 11 is 6.95. The smallest absolute Gasteiger partial charge is 0.134 e. The van der Waals surface area contributed by atoms with E-state index in [1.54, 1.807) is 7.11 Å². The predicted molar refractivity (Wildman–Crippen MR) is 86.3 cm³/mol. The molecule has 0 aliphatic carbocycles. The Balaban J connectivity index is 2.31. The molecule has 0 aliphatic heterocycles. The molecule has 1 N–H and O–H groups in total. The Kier molecular flexibility index (Phi) is 8.50. The number of nitrogens with one attached hydrogen (secondary N) is 1. The van der Waals surface area contributed by atoms with E-state index in [1.165, 1.54) is 19.3 Å². The van der Waals surface area contributed by atoms with Gasteiger partial charge in [0, 0.05) is 0 Å². The van der Waals surface area contributed by atoms with Crippen molar-refractivity contribution < 1.29 is 9.47 Å². The highest BCUT2D eigenvalue weighted by Crippen LogP contribution is 2.36. The Morgan fingerprint density at radius 2 is 1.63 bits per heavy atom. The molecule has 0 spiro atoms. The molecule has 1 aromatic rings. The zero-order valence-corrected chi connectivity index (χ0v) is 14.6. The molecule has 0 aliphatic rings. The topological polar surface area (TPSA) is 30.5 Å². The Morgan fingerprint density at radius 1 is 1.00 bits per heavy atom. The van der Waals surface area contributed by atoms with Gasteiger partial charge in [0.1, 0.15) is 11.5 Å². The first kappa shape index (κ1) is 16.8. The van der Waals surface area contributed by atoms with Crippen LogP contribution in [0.5, 0.6) is 11.5 Å². The minimum Gasteiger partial charge on any atom is -0.496 e. The number of halogens is 2. The lowest BCUT2D eigenvalue weighted by Gasteiger charge is -2.11. The van der Waals surface area contributed by atoms with Gasteiger partial charge in [-0.3, -0.25) is 0 Å². The number of hydrogen-bond acceptors (Lipinski definition) is 3. The number of methoxy groups -OCH3 is 1. The van der Waals surface area contributed by atoms with E-state index in [4.69, 9.17) is 9.47 Å².